The number of nitrogens with two attached hydrogens (primary N) is 2. The van der Waals surface area contributed by atoms with E-state index in [1.165, 1.54) is 0 Å². The molecule has 4 aromatic rings. The number of nitrogen functional groups attached to an aromatic ring is 1. The number of anilines is 1. The molecule has 6 nitrogen and oxygen atoms in total. The quantitative estimate of drug-likeness (QED) is 0.484. The molecule has 4 rings (SSSR count). The maximum Gasteiger partial charge on any atom is 0.250 e. The first kappa shape index (κ1) is 18.3. The number of para-hydroxylation sites is 1. The van der Waals surface area contributed by atoms with Crippen LogP contribution in [-0.2, 0) is 13.0 Å². The first-order chi connectivity index (χ1) is 13.6. The van der Waals surface area contributed by atoms with E-state index >= 15 is 0 Å². The molecule has 0 aliphatic heterocycles. The molecule has 7 heteroatoms. The van der Waals surface area contributed by atoms with E-state index in [9.17, 15) is 4.79 Å². The molecule has 0 saturated carbocycles. The van der Waals surface area contributed by atoms with Crippen LogP contribution >= 0.6 is 11.6 Å². The average Bonchev–Trinajstić information content (AvgIpc) is 3.11. The van der Waals surface area contributed by atoms with Crippen molar-refractivity contribution >= 4 is 45.3 Å². The van der Waals surface area contributed by atoms with E-state index in [1.807, 2.05) is 42.7 Å². The molecule has 0 spiro atoms. The molecule has 0 unspecified atom stereocenters. The van der Waals surface area contributed by atoms with Gasteiger partial charge in [0, 0.05) is 11.9 Å². The fraction of sp³-hybridized carbons (Fsp3) is 0.190. The summed E-state index contributed by atoms with van der Waals surface area (Å²) in [6.07, 6.45) is 4.44. The molecular formula is C21H20ClN5O. The molecule has 4 N–H and O–H groups in total. The summed E-state index contributed by atoms with van der Waals surface area (Å²) in [5, 5.41) is 1.49. The van der Waals surface area contributed by atoms with Crippen LogP contribution in [0.15, 0.2) is 48.8 Å². The number of fused-ring (bicyclic) bond motifs is 3. The fourth-order valence-electron chi connectivity index (χ4n) is 3.54. The molecule has 2 heterocycles. The van der Waals surface area contributed by atoms with Crippen molar-refractivity contribution in [3.63, 3.8) is 0 Å². The van der Waals surface area contributed by atoms with Gasteiger partial charge >= 0.3 is 0 Å². The topological polar surface area (TPSA) is 99.8 Å². The zero-order valence-electron chi connectivity index (χ0n) is 15.2. The molecule has 0 saturated heterocycles. The number of rotatable bonds is 6. The van der Waals surface area contributed by atoms with Crippen LogP contribution in [-0.4, -0.2) is 20.4 Å². The summed E-state index contributed by atoms with van der Waals surface area (Å²) < 4.78 is 2.12. The van der Waals surface area contributed by atoms with Gasteiger partial charge in [-0.15, -0.1) is 0 Å². The van der Waals surface area contributed by atoms with Crippen LogP contribution in [0.2, 0.25) is 5.02 Å². The molecule has 28 heavy (non-hydrogen) atoms. The first-order valence-corrected chi connectivity index (χ1v) is 9.50. The highest BCUT2D eigenvalue weighted by Gasteiger charge is 2.13. The van der Waals surface area contributed by atoms with E-state index in [0.29, 0.717) is 16.4 Å². The van der Waals surface area contributed by atoms with Gasteiger partial charge in [0.1, 0.15) is 5.52 Å². The highest BCUT2D eigenvalue weighted by atomic mass is 35.5. The summed E-state index contributed by atoms with van der Waals surface area (Å²) in [7, 11) is 0. The van der Waals surface area contributed by atoms with Gasteiger partial charge < -0.3 is 16.0 Å². The van der Waals surface area contributed by atoms with Gasteiger partial charge in [0.2, 0.25) is 5.91 Å². The molecule has 0 fully saturated rings. The third kappa shape index (κ3) is 3.27. The van der Waals surface area contributed by atoms with Crippen molar-refractivity contribution in [1.82, 2.24) is 14.5 Å². The third-order valence-electron chi connectivity index (χ3n) is 4.92. The Hall–Kier alpha value is -3.12. The van der Waals surface area contributed by atoms with Crippen molar-refractivity contribution < 1.29 is 4.79 Å². The van der Waals surface area contributed by atoms with Crippen LogP contribution in [0.4, 0.5) is 5.82 Å². The van der Waals surface area contributed by atoms with Gasteiger partial charge in [0.25, 0.3) is 0 Å². The fourth-order valence-corrected chi connectivity index (χ4v) is 3.85. The van der Waals surface area contributed by atoms with Gasteiger partial charge in [-0.25, -0.2) is 9.97 Å². The van der Waals surface area contributed by atoms with E-state index < -0.39 is 5.91 Å². The second kappa shape index (κ2) is 7.48. The number of carbonyl (C=O) groups excluding carboxylic acids is 1. The molecule has 0 aliphatic rings. The number of unbranched alkanes of at least 4 members (excludes halogenated alkanes) is 1. The largest absolute Gasteiger partial charge is 0.382 e. The second-order valence-corrected chi connectivity index (χ2v) is 7.13. The van der Waals surface area contributed by atoms with Crippen LogP contribution in [0.25, 0.3) is 21.9 Å². The van der Waals surface area contributed by atoms with Crippen molar-refractivity contribution in [2.45, 2.75) is 25.8 Å². The van der Waals surface area contributed by atoms with E-state index in [4.69, 9.17) is 23.1 Å². The lowest BCUT2D eigenvalue weighted by atomic mass is 10.0. The molecule has 2 aromatic heterocycles. The Morgan fingerprint density at radius 3 is 2.75 bits per heavy atom. The van der Waals surface area contributed by atoms with Crippen molar-refractivity contribution in [2.75, 3.05) is 5.73 Å². The van der Waals surface area contributed by atoms with Crippen LogP contribution in [0.5, 0.6) is 0 Å². The summed E-state index contributed by atoms with van der Waals surface area (Å²) in [6.45, 7) is 0.803. The number of hydrogen-bond acceptors (Lipinski definition) is 4. The summed E-state index contributed by atoms with van der Waals surface area (Å²) >= 11 is 6.31. The van der Waals surface area contributed by atoms with Crippen molar-refractivity contribution in [1.29, 1.82) is 0 Å². The summed E-state index contributed by atoms with van der Waals surface area (Å²) in [5.74, 6) is -0.0580. The number of hydrogen-bond donors (Lipinski definition) is 2. The number of imidazole rings is 1. The highest BCUT2D eigenvalue weighted by Crippen LogP contribution is 2.27. The zero-order chi connectivity index (χ0) is 19.7. The SMILES string of the molecule is NC(=O)c1cccc(CCCCn2cnc3c(N)nc4ccccc4c32)c1Cl. The lowest BCUT2D eigenvalue weighted by Crippen LogP contribution is -2.12. The van der Waals surface area contributed by atoms with Gasteiger partial charge in [0.05, 0.1) is 27.9 Å². The lowest BCUT2D eigenvalue weighted by molar-refractivity contribution is 0.100. The summed E-state index contributed by atoms with van der Waals surface area (Å²) in [4.78, 5) is 20.3. The van der Waals surface area contributed by atoms with Crippen LogP contribution in [0, 0.1) is 0 Å². The zero-order valence-corrected chi connectivity index (χ0v) is 16.0. The van der Waals surface area contributed by atoms with Gasteiger partial charge in [-0.1, -0.05) is 41.9 Å². The number of pyridine rings is 1. The Morgan fingerprint density at radius 2 is 1.93 bits per heavy atom. The Labute approximate surface area is 167 Å². The molecule has 1 amide bonds. The molecule has 2 aromatic carbocycles. The normalized spacial score (nSPS) is 11.3. The Kier molecular flexibility index (Phi) is 4.88. The number of aryl methyl sites for hydroxylation is 2. The number of nitrogens with zero attached hydrogens (tertiary/aromatic N) is 3. The maximum absolute atomic E-state index is 11.4. The number of aromatic nitrogens is 3. The number of benzene rings is 2. The van der Waals surface area contributed by atoms with Crippen LogP contribution in [0.1, 0.15) is 28.8 Å². The standard InChI is InChI=1S/C21H20ClN5O/c22-17-13(7-5-9-15(17)21(24)28)6-3-4-11-27-12-25-18-19(27)14-8-1-2-10-16(14)26-20(18)23/h1-2,5,7-10,12H,3-4,6,11H2,(H2,23,26)(H2,24,28). The Morgan fingerprint density at radius 1 is 1.11 bits per heavy atom. The summed E-state index contributed by atoms with van der Waals surface area (Å²) in [6, 6.07) is 13.3. The minimum Gasteiger partial charge on any atom is -0.382 e. The van der Waals surface area contributed by atoms with Crippen molar-refractivity contribution in [3.8, 4) is 0 Å². The van der Waals surface area contributed by atoms with Gasteiger partial charge in [0.15, 0.2) is 5.82 Å². The van der Waals surface area contributed by atoms with Crippen molar-refractivity contribution in [2.24, 2.45) is 5.73 Å². The second-order valence-electron chi connectivity index (χ2n) is 6.75. The minimum atomic E-state index is -0.505. The maximum atomic E-state index is 11.4. The molecule has 0 aliphatic carbocycles. The molecule has 0 radical (unpaired) electrons. The van der Waals surface area contributed by atoms with E-state index in [-0.39, 0.29) is 0 Å². The molecule has 0 bridgehead atoms. The minimum absolute atomic E-state index is 0.370. The number of primary amides is 1. The molecule has 142 valence electrons. The van der Waals surface area contributed by atoms with Gasteiger partial charge in [-0.2, -0.15) is 0 Å². The smallest absolute Gasteiger partial charge is 0.250 e. The van der Waals surface area contributed by atoms with Gasteiger partial charge in [-0.3, -0.25) is 4.79 Å². The van der Waals surface area contributed by atoms with E-state index in [2.05, 4.69) is 14.5 Å². The monoisotopic (exact) mass is 393 g/mol. The van der Waals surface area contributed by atoms with Crippen LogP contribution < -0.4 is 11.5 Å². The Bertz CT molecular complexity index is 1180. The van der Waals surface area contributed by atoms with E-state index in [0.717, 1.165) is 53.3 Å². The van der Waals surface area contributed by atoms with Gasteiger partial charge in [-0.05, 0) is 37.0 Å². The number of amides is 1. The molecule has 0 atom stereocenters. The Balaban J connectivity index is 1.52. The predicted molar refractivity (Wildman–Crippen MR) is 112 cm³/mol. The van der Waals surface area contributed by atoms with Crippen LogP contribution in [0.3, 0.4) is 0 Å². The highest BCUT2D eigenvalue weighted by molar-refractivity contribution is 6.34. The molecular weight excluding hydrogens is 374 g/mol. The lowest BCUT2D eigenvalue weighted by Gasteiger charge is -2.09. The third-order valence-corrected chi connectivity index (χ3v) is 5.37. The average molecular weight is 394 g/mol. The number of halogens is 1. The summed E-state index contributed by atoms with van der Waals surface area (Å²) in [5.41, 5.74) is 15.4. The first-order valence-electron chi connectivity index (χ1n) is 9.12. The van der Waals surface area contributed by atoms with Crippen molar-refractivity contribution in [3.05, 3.63) is 64.9 Å². The van der Waals surface area contributed by atoms with E-state index in [1.54, 1.807) is 6.07 Å². The predicted octanol–water partition coefficient (Wildman–Crippen LogP) is 3.94. The number of carbonyl (C=O) groups is 1.